The van der Waals surface area contributed by atoms with Crippen LogP contribution >= 0.6 is 0 Å². The van der Waals surface area contributed by atoms with E-state index >= 15 is 0 Å². The Morgan fingerprint density at radius 3 is 2.28 bits per heavy atom. The van der Waals surface area contributed by atoms with E-state index in [1.54, 1.807) is 6.26 Å². The van der Waals surface area contributed by atoms with Crippen LogP contribution in [0.2, 0.25) is 0 Å². The normalized spacial score (nSPS) is 15.5. The number of guanidine groups is 1. The molecule has 0 aliphatic rings. The lowest BCUT2D eigenvalue weighted by Gasteiger charge is -2.12. The smallest absolute Gasteiger partial charge is 0.189 e. The van der Waals surface area contributed by atoms with Gasteiger partial charge in [0.05, 0.1) is 6.04 Å². The molecule has 0 radical (unpaired) electrons. The molecule has 0 bridgehead atoms. The van der Waals surface area contributed by atoms with Crippen molar-refractivity contribution < 1.29 is 4.21 Å². The molecule has 1 aromatic rings. The summed E-state index contributed by atoms with van der Waals surface area (Å²) < 4.78 is 11.3. The molecule has 1 aromatic carbocycles. The molecule has 0 spiro atoms. The third-order valence-corrected chi connectivity index (χ3v) is 3.40. The van der Waals surface area contributed by atoms with E-state index < -0.39 is 10.8 Å². The van der Waals surface area contributed by atoms with Gasteiger partial charge in [-0.05, 0) is 38.5 Å². The lowest BCUT2D eigenvalue weighted by Crippen LogP contribution is -2.36. The summed E-state index contributed by atoms with van der Waals surface area (Å²) in [5.41, 5.74) is 6.83. The highest BCUT2D eigenvalue weighted by Gasteiger charge is 2.06. The maximum Gasteiger partial charge on any atom is 0.189 e. The first-order chi connectivity index (χ1) is 8.40. The molecular formula is C13H21N3OS. The van der Waals surface area contributed by atoms with E-state index in [4.69, 9.17) is 5.73 Å². The number of aliphatic imine (C=N–C) groups is 1. The van der Waals surface area contributed by atoms with Gasteiger partial charge in [-0.1, -0.05) is 12.1 Å². The van der Waals surface area contributed by atoms with Crippen LogP contribution in [0.4, 0.5) is 0 Å². The zero-order chi connectivity index (χ0) is 13.7. The molecule has 3 N–H and O–H groups in total. The Hall–Kier alpha value is -1.36. The Morgan fingerprint density at radius 1 is 1.28 bits per heavy atom. The third kappa shape index (κ3) is 4.49. The Kier molecular flexibility index (Phi) is 5.34. The number of nitrogens with zero attached hydrogens (tertiary/aromatic N) is 1. The minimum absolute atomic E-state index is 0.0180. The standard InChI is InChI=1S/C13H21N3OS/c1-9(2)15-13(14)16-10(3)11-5-7-12(8-6-11)18(4)17/h5-10H,1-4H3,(H3,14,15,16). The summed E-state index contributed by atoms with van der Waals surface area (Å²) in [5.74, 6) is 0.445. The minimum atomic E-state index is -0.942. The summed E-state index contributed by atoms with van der Waals surface area (Å²) in [7, 11) is -0.942. The van der Waals surface area contributed by atoms with Gasteiger partial charge in [0.15, 0.2) is 5.96 Å². The number of nitrogens with one attached hydrogen (secondary N) is 1. The molecular weight excluding hydrogens is 246 g/mol. The first-order valence-electron chi connectivity index (χ1n) is 5.93. The first-order valence-corrected chi connectivity index (χ1v) is 7.49. The lowest BCUT2D eigenvalue weighted by molar-refractivity contribution is 0.686. The van der Waals surface area contributed by atoms with Gasteiger partial charge in [-0.25, -0.2) is 4.99 Å². The average Bonchev–Trinajstić information content (AvgIpc) is 2.27. The number of benzene rings is 1. The molecule has 2 unspecified atom stereocenters. The van der Waals surface area contributed by atoms with Gasteiger partial charge in [0.1, 0.15) is 0 Å². The van der Waals surface area contributed by atoms with Crippen molar-refractivity contribution >= 4 is 16.8 Å². The number of rotatable bonds is 4. The van der Waals surface area contributed by atoms with Crippen LogP contribution in [-0.4, -0.2) is 22.5 Å². The van der Waals surface area contributed by atoms with Crippen molar-refractivity contribution in [3.05, 3.63) is 29.8 Å². The molecule has 2 atom stereocenters. The number of hydrogen-bond acceptors (Lipinski definition) is 2. The maximum absolute atomic E-state index is 11.3. The van der Waals surface area contributed by atoms with Gasteiger partial charge < -0.3 is 11.1 Å². The van der Waals surface area contributed by atoms with E-state index in [2.05, 4.69) is 10.3 Å². The summed E-state index contributed by atoms with van der Waals surface area (Å²) in [6, 6.07) is 7.86. The largest absolute Gasteiger partial charge is 0.370 e. The van der Waals surface area contributed by atoms with E-state index in [0.717, 1.165) is 10.5 Å². The quantitative estimate of drug-likeness (QED) is 0.645. The van der Waals surface area contributed by atoms with Crippen molar-refractivity contribution in [2.75, 3.05) is 6.26 Å². The molecule has 0 saturated carbocycles. The number of hydrogen-bond donors (Lipinski definition) is 2. The molecule has 100 valence electrons. The van der Waals surface area contributed by atoms with Crippen molar-refractivity contribution in [3.8, 4) is 0 Å². The van der Waals surface area contributed by atoms with E-state index in [-0.39, 0.29) is 12.1 Å². The second kappa shape index (κ2) is 6.54. The molecule has 1 rings (SSSR count). The molecule has 4 nitrogen and oxygen atoms in total. The predicted molar refractivity (Wildman–Crippen MR) is 77.1 cm³/mol. The zero-order valence-electron chi connectivity index (χ0n) is 11.3. The van der Waals surface area contributed by atoms with Gasteiger partial charge in [0.25, 0.3) is 0 Å². The van der Waals surface area contributed by atoms with Crippen LogP contribution in [0.5, 0.6) is 0 Å². The van der Waals surface area contributed by atoms with E-state index in [1.165, 1.54) is 0 Å². The molecule has 0 fully saturated rings. The highest BCUT2D eigenvalue weighted by atomic mass is 32.2. The fraction of sp³-hybridized carbons (Fsp3) is 0.462. The maximum atomic E-state index is 11.3. The van der Waals surface area contributed by atoms with E-state index in [0.29, 0.717) is 5.96 Å². The Balaban J connectivity index is 2.78. The summed E-state index contributed by atoms with van der Waals surface area (Å²) >= 11 is 0. The zero-order valence-corrected chi connectivity index (χ0v) is 12.1. The van der Waals surface area contributed by atoms with Crippen molar-refractivity contribution in [2.24, 2.45) is 10.7 Å². The van der Waals surface area contributed by atoms with Crippen LogP contribution in [0.25, 0.3) is 0 Å². The van der Waals surface area contributed by atoms with Gasteiger partial charge in [-0.15, -0.1) is 0 Å². The third-order valence-electron chi connectivity index (χ3n) is 2.46. The van der Waals surface area contributed by atoms with Gasteiger partial charge in [-0.2, -0.15) is 0 Å². The van der Waals surface area contributed by atoms with Gasteiger partial charge in [-0.3, -0.25) is 4.21 Å². The molecule has 0 saturated heterocycles. The van der Waals surface area contributed by atoms with Gasteiger partial charge in [0.2, 0.25) is 0 Å². The van der Waals surface area contributed by atoms with Crippen molar-refractivity contribution in [1.82, 2.24) is 5.32 Å². The molecule has 0 aliphatic heterocycles. The Labute approximate surface area is 111 Å². The predicted octanol–water partition coefficient (Wildman–Crippen LogP) is 1.80. The Morgan fingerprint density at radius 2 is 1.83 bits per heavy atom. The van der Waals surface area contributed by atoms with Crippen LogP contribution in [0.15, 0.2) is 34.2 Å². The number of nitrogens with two attached hydrogens (primary N) is 1. The fourth-order valence-corrected chi connectivity index (χ4v) is 2.07. The van der Waals surface area contributed by atoms with Crippen LogP contribution in [0, 0.1) is 0 Å². The van der Waals surface area contributed by atoms with Crippen molar-refractivity contribution in [2.45, 2.75) is 37.8 Å². The van der Waals surface area contributed by atoms with Crippen LogP contribution in [-0.2, 0) is 10.8 Å². The first kappa shape index (κ1) is 14.7. The van der Waals surface area contributed by atoms with Crippen molar-refractivity contribution in [1.29, 1.82) is 0 Å². The van der Waals surface area contributed by atoms with Crippen molar-refractivity contribution in [3.63, 3.8) is 0 Å². The molecule has 0 amide bonds. The summed E-state index contributed by atoms with van der Waals surface area (Å²) in [5, 5.41) is 3.05. The van der Waals surface area contributed by atoms with Crippen LogP contribution < -0.4 is 11.1 Å². The fourth-order valence-electron chi connectivity index (χ4n) is 1.55. The summed E-state index contributed by atoms with van der Waals surface area (Å²) in [6.07, 6.45) is 1.67. The SMILES string of the molecule is CC(C)NC(N)=NC(C)c1ccc(S(C)=O)cc1. The van der Waals surface area contributed by atoms with Gasteiger partial charge >= 0.3 is 0 Å². The summed E-state index contributed by atoms with van der Waals surface area (Å²) in [6.45, 7) is 6.00. The second-order valence-electron chi connectivity index (χ2n) is 4.51. The molecule has 0 aromatic heterocycles. The highest BCUT2D eigenvalue weighted by molar-refractivity contribution is 7.84. The average molecular weight is 267 g/mol. The van der Waals surface area contributed by atoms with Crippen LogP contribution in [0.1, 0.15) is 32.4 Å². The van der Waals surface area contributed by atoms with Gasteiger partial charge in [0, 0.05) is 28.0 Å². The topological polar surface area (TPSA) is 67.5 Å². The lowest BCUT2D eigenvalue weighted by atomic mass is 10.1. The summed E-state index contributed by atoms with van der Waals surface area (Å²) in [4.78, 5) is 5.19. The minimum Gasteiger partial charge on any atom is -0.370 e. The molecule has 0 heterocycles. The van der Waals surface area contributed by atoms with E-state index in [9.17, 15) is 4.21 Å². The van der Waals surface area contributed by atoms with E-state index in [1.807, 2.05) is 45.0 Å². The molecule has 18 heavy (non-hydrogen) atoms. The Bertz CT molecular complexity index is 440. The highest BCUT2D eigenvalue weighted by Crippen LogP contribution is 2.18. The monoisotopic (exact) mass is 267 g/mol. The second-order valence-corrected chi connectivity index (χ2v) is 5.89. The van der Waals surface area contributed by atoms with Crippen LogP contribution in [0.3, 0.4) is 0 Å². The molecule has 5 heteroatoms. The molecule has 0 aliphatic carbocycles.